The van der Waals surface area contributed by atoms with Gasteiger partial charge in [0.1, 0.15) is 5.82 Å². The number of rotatable bonds is 5. The first kappa shape index (κ1) is 12.1. The molecule has 2 heterocycles. The minimum Gasteiger partial charge on any atom is -0.478 e. The number of carboxylic acids is 1. The lowest BCUT2D eigenvalue weighted by molar-refractivity contribution is 0.0697. The second-order valence-electron chi connectivity index (χ2n) is 3.93. The molecule has 94 valence electrons. The van der Waals surface area contributed by atoms with E-state index >= 15 is 0 Å². The predicted octanol–water partition coefficient (Wildman–Crippen LogP) is 1.17. The van der Waals surface area contributed by atoms with Crippen LogP contribution in [0.2, 0.25) is 0 Å². The van der Waals surface area contributed by atoms with E-state index in [-0.39, 0.29) is 5.56 Å². The standard InChI is InChI=1S/C12H14N4O2/c1-16-8-9(7-15-16)2-4-13-11-6-10(12(17)18)3-5-14-11/h3,5-8H,2,4H2,1H3,(H,13,14)(H,17,18). The highest BCUT2D eigenvalue weighted by atomic mass is 16.4. The fourth-order valence-corrected chi connectivity index (χ4v) is 1.60. The molecule has 2 aromatic heterocycles. The van der Waals surface area contributed by atoms with Crippen LogP contribution in [0.5, 0.6) is 0 Å². The van der Waals surface area contributed by atoms with Crippen molar-refractivity contribution >= 4 is 11.8 Å². The summed E-state index contributed by atoms with van der Waals surface area (Å²) in [5.74, 6) is -0.383. The van der Waals surface area contributed by atoms with Crippen LogP contribution in [0.15, 0.2) is 30.7 Å². The van der Waals surface area contributed by atoms with Crippen molar-refractivity contribution in [3.8, 4) is 0 Å². The molecule has 0 atom stereocenters. The van der Waals surface area contributed by atoms with Crippen molar-refractivity contribution < 1.29 is 9.90 Å². The number of carboxylic acid groups (broad SMARTS) is 1. The van der Waals surface area contributed by atoms with Gasteiger partial charge in [0, 0.05) is 26.0 Å². The van der Waals surface area contributed by atoms with Crippen molar-refractivity contribution in [1.29, 1.82) is 0 Å². The van der Waals surface area contributed by atoms with Gasteiger partial charge in [-0.05, 0) is 24.1 Å². The lowest BCUT2D eigenvalue weighted by Gasteiger charge is -2.04. The summed E-state index contributed by atoms with van der Waals surface area (Å²) in [5, 5.41) is 16.0. The van der Waals surface area contributed by atoms with Gasteiger partial charge in [-0.2, -0.15) is 5.10 Å². The van der Waals surface area contributed by atoms with E-state index in [0.29, 0.717) is 12.4 Å². The third kappa shape index (κ3) is 3.07. The molecular formula is C12H14N4O2. The smallest absolute Gasteiger partial charge is 0.335 e. The van der Waals surface area contributed by atoms with Gasteiger partial charge in [-0.1, -0.05) is 0 Å². The maximum Gasteiger partial charge on any atom is 0.335 e. The summed E-state index contributed by atoms with van der Waals surface area (Å²) in [7, 11) is 1.87. The molecule has 0 saturated carbocycles. The zero-order chi connectivity index (χ0) is 13.0. The highest BCUT2D eigenvalue weighted by Gasteiger charge is 2.03. The lowest BCUT2D eigenvalue weighted by atomic mass is 10.2. The molecule has 2 N–H and O–H groups in total. The lowest BCUT2D eigenvalue weighted by Crippen LogP contribution is -2.07. The number of aromatic carboxylic acids is 1. The monoisotopic (exact) mass is 246 g/mol. The molecule has 2 aromatic rings. The van der Waals surface area contributed by atoms with E-state index in [2.05, 4.69) is 15.4 Å². The fourth-order valence-electron chi connectivity index (χ4n) is 1.60. The van der Waals surface area contributed by atoms with Crippen LogP contribution >= 0.6 is 0 Å². The van der Waals surface area contributed by atoms with Gasteiger partial charge in [-0.25, -0.2) is 9.78 Å². The number of carbonyl (C=O) groups is 1. The summed E-state index contributed by atoms with van der Waals surface area (Å²) >= 11 is 0. The molecule has 0 aliphatic rings. The number of anilines is 1. The average molecular weight is 246 g/mol. The topological polar surface area (TPSA) is 80.0 Å². The average Bonchev–Trinajstić information content (AvgIpc) is 2.75. The first-order valence-corrected chi connectivity index (χ1v) is 5.56. The molecule has 6 nitrogen and oxygen atoms in total. The third-order valence-corrected chi connectivity index (χ3v) is 2.49. The Balaban J connectivity index is 1.90. The molecular weight excluding hydrogens is 232 g/mol. The first-order chi connectivity index (χ1) is 8.65. The Kier molecular flexibility index (Phi) is 3.57. The molecule has 0 fully saturated rings. The number of aryl methyl sites for hydroxylation is 1. The Labute approximate surface area is 104 Å². The number of aromatic nitrogens is 3. The molecule has 0 saturated heterocycles. The van der Waals surface area contributed by atoms with Crippen molar-refractivity contribution in [3.05, 3.63) is 41.9 Å². The highest BCUT2D eigenvalue weighted by molar-refractivity contribution is 5.88. The molecule has 0 aliphatic carbocycles. The van der Waals surface area contributed by atoms with Gasteiger partial charge in [0.15, 0.2) is 0 Å². The molecule has 0 radical (unpaired) electrons. The second kappa shape index (κ2) is 5.31. The third-order valence-electron chi connectivity index (χ3n) is 2.49. The van der Waals surface area contributed by atoms with Gasteiger partial charge in [-0.3, -0.25) is 4.68 Å². The quantitative estimate of drug-likeness (QED) is 0.827. The summed E-state index contributed by atoms with van der Waals surface area (Å²) in [4.78, 5) is 14.8. The second-order valence-corrected chi connectivity index (χ2v) is 3.93. The van der Waals surface area contributed by atoms with Crippen molar-refractivity contribution in [2.75, 3.05) is 11.9 Å². The Morgan fingerprint density at radius 2 is 2.39 bits per heavy atom. The molecule has 6 heteroatoms. The summed E-state index contributed by atoms with van der Waals surface area (Å²) in [6, 6.07) is 2.99. The van der Waals surface area contributed by atoms with Crippen molar-refractivity contribution in [3.63, 3.8) is 0 Å². The minimum atomic E-state index is -0.951. The highest BCUT2D eigenvalue weighted by Crippen LogP contribution is 2.07. The Morgan fingerprint density at radius 1 is 1.56 bits per heavy atom. The molecule has 0 aromatic carbocycles. The van der Waals surface area contributed by atoms with Crippen LogP contribution in [0.1, 0.15) is 15.9 Å². The van der Waals surface area contributed by atoms with Crippen LogP contribution in [0, 0.1) is 0 Å². The van der Waals surface area contributed by atoms with Crippen LogP contribution in [0.4, 0.5) is 5.82 Å². The number of nitrogens with zero attached hydrogens (tertiary/aromatic N) is 3. The fraction of sp³-hybridized carbons (Fsp3) is 0.250. The maximum atomic E-state index is 10.8. The van der Waals surface area contributed by atoms with Gasteiger partial charge in [-0.15, -0.1) is 0 Å². The van der Waals surface area contributed by atoms with E-state index in [1.165, 1.54) is 18.3 Å². The summed E-state index contributed by atoms with van der Waals surface area (Å²) in [6.07, 6.45) is 6.05. The Hall–Kier alpha value is -2.37. The summed E-state index contributed by atoms with van der Waals surface area (Å²) in [5.41, 5.74) is 1.35. The van der Waals surface area contributed by atoms with E-state index < -0.39 is 5.97 Å². The van der Waals surface area contributed by atoms with Gasteiger partial charge < -0.3 is 10.4 Å². The maximum absolute atomic E-state index is 10.8. The van der Waals surface area contributed by atoms with Crippen LogP contribution in [0.25, 0.3) is 0 Å². The van der Waals surface area contributed by atoms with Crippen LogP contribution in [-0.4, -0.2) is 32.4 Å². The number of nitrogens with one attached hydrogen (secondary N) is 1. The normalized spacial score (nSPS) is 10.3. The van der Waals surface area contributed by atoms with E-state index in [4.69, 9.17) is 5.11 Å². The summed E-state index contributed by atoms with van der Waals surface area (Å²) in [6.45, 7) is 0.682. The van der Waals surface area contributed by atoms with Gasteiger partial charge >= 0.3 is 5.97 Å². The Bertz CT molecular complexity index is 551. The zero-order valence-electron chi connectivity index (χ0n) is 10.00. The summed E-state index contributed by atoms with van der Waals surface area (Å²) < 4.78 is 1.75. The molecule has 0 unspecified atom stereocenters. The molecule has 18 heavy (non-hydrogen) atoms. The van der Waals surface area contributed by atoms with Crippen LogP contribution in [0.3, 0.4) is 0 Å². The zero-order valence-corrected chi connectivity index (χ0v) is 10.00. The molecule has 0 spiro atoms. The van der Waals surface area contributed by atoms with Crippen LogP contribution in [-0.2, 0) is 13.5 Å². The van der Waals surface area contributed by atoms with E-state index in [0.717, 1.165) is 12.0 Å². The largest absolute Gasteiger partial charge is 0.478 e. The molecule has 0 aliphatic heterocycles. The van der Waals surface area contributed by atoms with Crippen molar-refractivity contribution in [2.45, 2.75) is 6.42 Å². The SMILES string of the molecule is Cn1cc(CCNc2cc(C(=O)O)ccn2)cn1. The van der Waals surface area contributed by atoms with Gasteiger partial charge in [0.05, 0.1) is 11.8 Å². The Morgan fingerprint density at radius 3 is 3.06 bits per heavy atom. The van der Waals surface area contributed by atoms with E-state index in [1.54, 1.807) is 4.68 Å². The molecule has 2 rings (SSSR count). The van der Waals surface area contributed by atoms with Gasteiger partial charge in [0.25, 0.3) is 0 Å². The first-order valence-electron chi connectivity index (χ1n) is 5.56. The number of hydrogen-bond donors (Lipinski definition) is 2. The van der Waals surface area contributed by atoms with E-state index in [9.17, 15) is 4.79 Å². The predicted molar refractivity (Wildman–Crippen MR) is 66.6 cm³/mol. The van der Waals surface area contributed by atoms with Crippen LogP contribution < -0.4 is 5.32 Å². The minimum absolute atomic E-state index is 0.230. The van der Waals surface area contributed by atoms with Gasteiger partial charge in [0.2, 0.25) is 0 Å². The number of hydrogen-bond acceptors (Lipinski definition) is 4. The van der Waals surface area contributed by atoms with Crippen molar-refractivity contribution in [2.24, 2.45) is 7.05 Å². The molecule has 0 amide bonds. The number of pyridine rings is 1. The molecule has 0 bridgehead atoms. The van der Waals surface area contributed by atoms with E-state index in [1.807, 2.05) is 19.4 Å². The van der Waals surface area contributed by atoms with Crippen molar-refractivity contribution in [1.82, 2.24) is 14.8 Å².